The summed E-state index contributed by atoms with van der Waals surface area (Å²) in [5.74, 6) is -0.637. The normalized spacial score (nSPS) is 19.5. The van der Waals surface area contributed by atoms with Crippen LogP contribution in [0, 0.1) is 11.3 Å². The molecule has 1 aliphatic carbocycles. The first-order chi connectivity index (χ1) is 17.3. The molecule has 2 N–H and O–H groups in total. The summed E-state index contributed by atoms with van der Waals surface area (Å²) in [7, 11) is 0. The molecule has 1 saturated carbocycles. The van der Waals surface area contributed by atoms with Gasteiger partial charge in [-0.1, -0.05) is 20.8 Å². The molecule has 0 radical (unpaired) electrons. The molecule has 37 heavy (non-hydrogen) atoms. The number of Topliss-reactive ketones (excluding diaryl/α,β-unsaturated/α-hetero) is 1. The fourth-order valence-electron chi connectivity index (χ4n) is 5.45. The number of nitrogens with one attached hydrogen (secondary N) is 1. The number of halogens is 3. The monoisotopic (exact) mass is 517 g/mol. The number of hydrogen-bond acceptors (Lipinski definition) is 5. The zero-order valence-corrected chi connectivity index (χ0v) is 20.9. The van der Waals surface area contributed by atoms with Crippen molar-refractivity contribution >= 4 is 34.4 Å². The number of benzene rings is 2. The smallest absolute Gasteiger partial charge is 0.481 e. The summed E-state index contributed by atoms with van der Waals surface area (Å²) in [4.78, 5) is 28.3. The Morgan fingerprint density at radius 2 is 1.84 bits per heavy atom. The van der Waals surface area contributed by atoms with Crippen LogP contribution in [0.4, 0.5) is 24.8 Å². The highest BCUT2D eigenvalue weighted by Gasteiger charge is 2.35. The van der Waals surface area contributed by atoms with Crippen molar-refractivity contribution in [1.29, 1.82) is 0 Å². The lowest BCUT2D eigenvalue weighted by molar-refractivity contribution is -0.274. The molecule has 1 aromatic heterocycles. The first-order valence-electron chi connectivity index (χ1n) is 12.2. The maximum Gasteiger partial charge on any atom is 0.573 e. The van der Waals surface area contributed by atoms with Crippen LogP contribution in [-0.2, 0) is 4.79 Å². The number of anilines is 2. The van der Waals surface area contributed by atoms with Crippen LogP contribution >= 0.6 is 0 Å². The Morgan fingerprint density at radius 3 is 2.46 bits per heavy atom. The maximum absolute atomic E-state index is 12.7. The van der Waals surface area contributed by atoms with Crippen LogP contribution in [0.15, 0.2) is 42.5 Å². The highest BCUT2D eigenvalue weighted by Crippen LogP contribution is 2.46. The van der Waals surface area contributed by atoms with Crippen LogP contribution in [0.1, 0.15) is 69.3 Å². The Morgan fingerprint density at radius 1 is 1.14 bits per heavy atom. The molecule has 0 unspecified atom stereocenters. The van der Waals surface area contributed by atoms with Gasteiger partial charge in [-0.05, 0) is 73.1 Å². The number of alkyl halides is 3. The fraction of sp³-hybridized carbons (Fsp3) is 0.444. The van der Waals surface area contributed by atoms with Gasteiger partial charge in [0.25, 0.3) is 0 Å². The number of rotatable bonds is 8. The van der Waals surface area contributed by atoms with Crippen LogP contribution in [0.2, 0.25) is 0 Å². The van der Waals surface area contributed by atoms with Crippen LogP contribution < -0.4 is 10.1 Å². The van der Waals surface area contributed by atoms with E-state index in [4.69, 9.17) is 10.1 Å². The number of carboxylic acid groups (broad SMARTS) is 1. The van der Waals surface area contributed by atoms with Gasteiger partial charge in [-0.25, -0.2) is 4.98 Å². The van der Waals surface area contributed by atoms with Crippen molar-refractivity contribution in [2.24, 2.45) is 11.3 Å². The van der Waals surface area contributed by atoms with Gasteiger partial charge in [0.1, 0.15) is 5.75 Å². The summed E-state index contributed by atoms with van der Waals surface area (Å²) < 4.78 is 43.6. The van der Waals surface area contributed by atoms with Crippen LogP contribution in [0.25, 0.3) is 11.0 Å². The van der Waals surface area contributed by atoms with Crippen LogP contribution in [-0.4, -0.2) is 32.8 Å². The lowest BCUT2D eigenvalue weighted by Gasteiger charge is -2.40. The van der Waals surface area contributed by atoms with Gasteiger partial charge in [0.2, 0.25) is 5.95 Å². The summed E-state index contributed by atoms with van der Waals surface area (Å²) >= 11 is 0. The Hall–Kier alpha value is -3.56. The molecule has 10 heteroatoms. The minimum atomic E-state index is -4.77. The molecule has 1 heterocycles. The number of ketones is 1. The molecule has 0 aliphatic heterocycles. The molecule has 3 aromatic rings. The number of aliphatic carboxylic acids is 1. The molecular weight excluding hydrogens is 487 g/mol. The fourth-order valence-corrected chi connectivity index (χ4v) is 5.45. The molecule has 7 nitrogen and oxygen atoms in total. The second-order valence-corrected chi connectivity index (χ2v) is 10.6. The van der Waals surface area contributed by atoms with Gasteiger partial charge in [0.05, 0.1) is 17.5 Å². The summed E-state index contributed by atoms with van der Waals surface area (Å²) in [6.07, 6.45) is -2.25. The van der Waals surface area contributed by atoms with E-state index in [0.29, 0.717) is 28.6 Å². The average Bonchev–Trinajstić information content (AvgIpc) is 3.13. The summed E-state index contributed by atoms with van der Waals surface area (Å²) in [6, 6.07) is 10.6. The molecule has 0 amide bonds. The number of ether oxygens (including phenoxy) is 1. The van der Waals surface area contributed by atoms with E-state index in [0.717, 1.165) is 24.8 Å². The molecule has 0 bridgehead atoms. The van der Waals surface area contributed by atoms with Gasteiger partial charge in [0, 0.05) is 23.7 Å². The number of fused-ring (bicyclic) bond motifs is 1. The van der Waals surface area contributed by atoms with E-state index in [-0.39, 0.29) is 35.8 Å². The number of carboxylic acids is 1. The van der Waals surface area contributed by atoms with E-state index in [9.17, 15) is 22.8 Å². The minimum Gasteiger partial charge on any atom is -0.481 e. The number of aromatic nitrogens is 2. The summed E-state index contributed by atoms with van der Waals surface area (Å²) in [5.41, 5.74) is 2.44. The zero-order valence-electron chi connectivity index (χ0n) is 20.9. The third-order valence-electron chi connectivity index (χ3n) is 6.65. The predicted molar refractivity (Wildman–Crippen MR) is 133 cm³/mol. The average molecular weight is 518 g/mol. The van der Waals surface area contributed by atoms with E-state index >= 15 is 0 Å². The van der Waals surface area contributed by atoms with Gasteiger partial charge in [-0.2, -0.15) is 0 Å². The second kappa shape index (κ2) is 10.1. The highest BCUT2D eigenvalue weighted by atomic mass is 19.4. The quantitative estimate of drug-likeness (QED) is 0.309. The van der Waals surface area contributed by atoms with Crippen molar-refractivity contribution < 1.29 is 32.6 Å². The maximum atomic E-state index is 12.7. The van der Waals surface area contributed by atoms with Gasteiger partial charge in [-0.15, -0.1) is 13.2 Å². The third kappa shape index (κ3) is 6.61. The Bertz CT molecular complexity index is 1300. The first-order valence-corrected chi connectivity index (χ1v) is 12.2. The van der Waals surface area contributed by atoms with Gasteiger partial charge >= 0.3 is 12.3 Å². The molecule has 198 valence electrons. The van der Waals surface area contributed by atoms with Crippen molar-refractivity contribution in [1.82, 2.24) is 9.55 Å². The molecule has 1 fully saturated rings. The van der Waals surface area contributed by atoms with Gasteiger partial charge in [0.15, 0.2) is 5.78 Å². The molecule has 2 atom stereocenters. The van der Waals surface area contributed by atoms with E-state index in [1.807, 2.05) is 0 Å². The SMILES string of the molecule is C[C@H]1C[C@@H](n2c(Nc3ccc(OC(F)(F)F)cc3)nc3ccc(C(=O)CCC(=O)O)cc32)CC(C)(C)C1. The molecule has 0 spiro atoms. The van der Waals surface area contributed by atoms with E-state index in [1.165, 1.54) is 24.3 Å². The Kier molecular flexibility index (Phi) is 7.21. The predicted octanol–water partition coefficient (Wildman–Crippen LogP) is 7.11. The topological polar surface area (TPSA) is 93.5 Å². The van der Waals surface area contributed by atoms with Gasteiger partial charge < -0.3 is 19.7 Å². The summed E-state index contributed by atoms with van der Waals surface area (Å²) in [5, 5.41) is 12.2. The summed E-state index contributed by atoms with van der Waals surface area (Å²) in [6.45, 7) is 6.66. The lowest BCUT2D eigenvalue weighted by Crippen LogP contribution is -2.29. The molecule has 4 rings (SSSR count). The number of carbonyl (C=O) groups is 2. The molecule has 0 saturated heterocycles. The van der Waals surface area contributed by atoms with E-state index in [2.05, 4.69) is 35.4 Å². The van der Waals surface area contributed by atoms with E-state index in [1.54, 1.807) is 18.2 Å². The molecule has 1 aliphatic rings. The molecule has 2 aromatic carbocycles. The Labute approximate surface area is 212 Å². The zero-order chi connectivity index (χ0) is 27.0. The van der Waals surface area contributed by atoms with Crippen LogP contribution in [0.3, 0.4) is 0 Å². The van der Waals surface area contributed by atoms with Crippen molar-refractivity contribution in [3.05, 3.63) is 48.0 Å². The van der Waals surface area contributed by atoms with Crippen molar-refractivity contribution in [3.8, 4) is 5.75 Å². The highest BCUT2D eigenvalue weighted by molar-refractivity contribution is 6.00. The minimum absolute atomic E-state index is 0.0726. The van der Waals surface area contributed by atoms with Crippen molar-refractivity contribution in [3.63, 3.8) is 0 Å². The number of nitrogens with zero attached hydrogens (tertiary/aromatic N) is 2. The number of hydrogen-bond donors (Lipinski definition) is 2. The van der Waals surface area contributed by atoms with Gasteiger partial charge in [-0.3, -0.25) is 9.59 Å². The van der Waals surface area contributed by atoms with Crippen molar-refractivity contribution in [2.75, 3.05) is 5.32 Å². The largest absolute Gasteiger partial charge is 0.573 e. The van der Waals surface area contributed by atoms with Crippen molar-refractivity contribution in [2.45, 2.75) is 65.3 Å². The second-order valence-electron chi connectivity index (χ2n) is 10.6. The Balaban J connectivity index is 1.72. The number of imidazole rings is 1. The third-order valence-corrected chi connectivity index (χ3v) is 6.65. The van der Waals surface area contributed by atoms with E-state index < -0.39 is 12.3 Å². The molecular formula is C27H30F3N3O4. The van der Waals surface area contributed by atoms with Crippen LogP contribution in [0.5, 0.6) is 5.75 Å². The first kappa shape index (κ1) is 26.5. The standard InChI is InChI=1S/C27H30F3N3O4/c1-16-12-19(15-26(2,3)14-16)33-22-13-17(23(34)10-11-24(35)36)4-9-21(22)32-25(33)31-18-5-7-20(8-6-18)37-27(28,29)30/h4-9,13,16,19H,10-12,14-15H2,1-3H3,(H,31,32)(H,35,36)/t16-,19+/m0/s1. The number of carbonyl (C=O) groups excluding carboxylic acids is 1. The lowest BCUT2D eigenvalue weighted by atomic mass is 9.70.